The number of fused-ring (bicyclic) bond motifs is 7. The number of esters is 1. The van der Waals surface area contributed by atoms with Crippen LogP contribution in [0.15, 0.2) is 30.3 Å². The molecule has 5 aliphatic rings. The molecular formula is C38H54O5. The number of rotatable bonds is 4. The Bertz CT molecular complexity index is 1330. The molecule has 0 spiro atoms. The molecule has 0 aromatic heterocycles. The first-order valence-corrected chi connectivity index (χ1v) is 16.9. The van der Waals surface area contributed by atoms with E-state index in [9.17, 15) is 19.8 Å². The normalized spacial score (nSPS) is 44.8. The molecule has 4 fully saturated rings. The highest BCUT2D eigenvalue weighted by Crippen LogP contribution is 2.77. The summed E-state index contributed by atoms with van der Waals surface area (Å²) in [7, 11) is 1.40. The van der Waals surface area contributed by atoms with Crippen LogP contribution in [0.4, 0.5) is 0 Å². The topological polar surface area (TPSA) is 83.8 Å². The van der Waals surface area contributed by atoms with Crippen LogP contribution in [0.25, 0.3) is 5.57 Å². The Kier molecular flexibility index (Phi) is 7.13. The Morgan fingerprint density at radius 2 is 1.53 bits per heavy atom. The number of aliphatic hydroxyl groups excluding tert-OH is 1. The van der Waals surface area contributed by atoms with Gasteiger partial charge in [-0.25, -0.2) is 4.79 Å². The van der Waals surface area contributed by atoms with Crippen molar-refractivity contribution in [1.29, 1.82) is 0 Å². The Morgan fingerprint density at radius 1 is 0.860 bits per heavy atom. The molecule has 1 unspecified atom stereocenters. The maximum Gasteiger partial charge on any atom is 0.337 e. The summed E-state index contributed by atoms with van der Waals surface area (Å²) in [5.74, 6) is 1.43. The van der Waals surface area contributed by atoms with E-state index in [-0.39, 0.29) is 33.5 Å². The van der Waals surface area contributed by atoms with E-state index in [1.165, 1.54) is 7.11 Å². The average Bonchev–Trinajstić information content (AvgIpc) is 3.37. The zero-order valence-electron chi connectivity index (χ0n) is 27.7. The van der Waals surface area contributed by atoms with Gasteiger partial charge in [0.25, 0.3) is 0 Å². The Balaban J connectivity index is 1.38. The Labute approximate surface area is 258 Å². The first-order valence-electron chi connectivity index (χ1n) is 16.9. The number of carboxylic acids is 1. The molecule has 1 aromatic rings. The van der Waals surface area contributed by atoms with Gasteiger partial charge in [-0.1, -0.05) is 66.7 Å². The highest BCUT2D eigenvalue weighted by Gasteiger charge is 2.72. The van der Waals surface area contributed by atoms with E-state index in [1.54, 1.807) is 0 Å². The second-order valence-corrected chi connectivity index (χ2v) is 16.8. The smallest absolute Gasteiger partial charge is 0.337 e. The number of carbonyl (C=O) groups excluding carboxylic acids is 1. The van der Waals surface area contributed by atoms with Gasteiger partial charge in [0.1, 0.15) is 0 Å². The third-order valence-corrected chi connectivity index (χ3v) is 15.1. The summed E-state index contributed by atoms with van der Waals surface area (Å²) < 4.78 is 4.90. The molecule has 236 valence electrons. The molecule has 2 N–H and O–H groups in total. The van der Waals surface area contributed by atoms with Gasteiger partial charge in [-0.05, 0) is 126 Å². The molecule has 5 aliphatic carbocycles. The predicted molar refractivity (Wildman–Crippen MR) is 169 cm³/mol. The number of methoxy groups -OCH3 is 1. The molecule has 0 saturated heterocycles. The first-order chi connectivity index (χ1) is 20.1. The summed E-state index contributed by atoms with van der Waals surface area (Å²) in [4.78, 5) is 25.0. The van der Waals surface area contributed by atoms with Crippen molar-refractivity contribution in [2.45, 2.75) is 106 Å². The van der Waals surface area contributed by atoms with Crippen LogP contribution in [0.1, 0.15) is 116 Å². The van der Waals surface area contributed by atoms with Crippen molar-refractivity contribution in [2.24, 2.45) is 62.6 Å². The lowest BCUT2D eigenvalue weighted by molar-refractivity contribution is -0.244. The largest absolute Gasteiger partial charge is 0.481 e. The second kappa shape index (κ2) is 9.93. The predicted octanol–water partition coefficient (Wildman–Crippen LogP) is 8.26. The van der Waals surface area contributed by atoms with Crippen molar-refractivity contribution in [1.82, 2.24) is 0 Å². The molecule has 6 rings (SSSR count). The van der Waals surface area contributed by atoms with Crippen LogP contribution in [0.2, 0.25) is 0 Å². The van der Waals surface area contributed by atoms with Gasteiger partial charge >= 0.3 is 11.9 Å². The molecule has 10 atom stereocenters. The maximum atomic E-state index is 13.0. The van der Waals surface area contributed by atoms with Crippen LogP contribution >= 0.6 is 0 Å². The quantitative estimate of drug-likeness (QED) is 0.345. The number of aliphatic hydroxyl groups is 1. The number of benzene rings is 1. The minimum Gasteiger partial charge on any atom is -0.481 e. The van der Waals surface area contributed by atoms with Crippen LogP contribution in [0.3, 0.4) is 0 Å². The molecular weight excluding hydrogens is 536 g/mol. The van der Waals surface area contributed by atoms with Crippen LogP contribution in [0, 0.1) is 62.6 Å². The lowest BCUT2D eigenvalue weighted by Crippen LogP contribution is -2.68. The molecule has 0 amide bonds. The van der Waals surface area contributed by atoms with Crippen LogP contribution in [0.5, 0.6) is 0 Å². The molecule has 5 nitrogen and oxygen atoms in total. The van der Waals surface area contributed by atoms with Crippen molar-refractivity contribution in [3.8, 4) is 0 Å². The third kappa shape index (κ3) is 3.91. The zero-order valence-corrected chi connectivity index (χ0v) is 27.7. The minimum atomic E-state index is -0.567. The van der Waals surface area contributed by atoms with E-state index in [1.807, 2.05) is 24.3 Å². The van der Waals surface area contributed by atoms with Gasteiger partial charge in [0.2, 0.25) is 0 Å². The standard InChI is InChI=1S/C38H54O5/c1-22(2)25-15-18-38(33(41)42)20-19-35(5)26(31(25)38)13-14-29-36(35,6)17-16-28-34(3,4)27(21-30(39)37(28,29)7)23-9-11-24(12-10-23)32(40)43-8/h9-12,21-22,25-26,28-31,39H,13-20H2,1-8H3,(H,41,42)/t25-,26+,28-,29-,30?,31+,35+,36+,37-,38-/m0/s1. The summed E-state index contributed by atoms with van der Waals surface area (Å²) in [5.41, 5.74) is 1.87. The fourth-order valence-corrected chi connectivity index (χ4v) is 12.7. The van der Waals surface area contributed by atoms with Crippen LogP contribution in [-0.2, 0) is 9.53 Å². The number of hydrogen-bond donors (Lipinski definition) is 2. The molecule has 5 heteroatoms. The fourth-order valence-electron chi connectivity index (χ4n) is 12.7. The SMILES string of the molecule is COC(=O)c1ccc(C2=CC(O)[C@]3(C)[C@H]4CC[C@@H]5[C@H]6[C@H](C(C)C)CC[C@]6(C(=O)O)CC[C@@]5(C)[C@]4(C)CC[C@H]3C2(C)C)cc1. The van der Waals surface area contributed by atoms with E-state index in [2.05, 4.69) is 54.5 Å². The van der Waals surface area contributed by atoms with Gasteiger partial charge in [0.05, 0.1) is 24.2 Å². The maximum absolute atomic E-state index is 13.0. The van der Waals surface area contributed by atoms with Gasteiger partial charge in [-0.3, -0.25) is 4.79 Å². The lowest BCUT2D eigenvalue weighted by Gasteiger charge is -2.72. The Hall–Kier alpha value is -2.14. The van der Waals surface area contributed by atoms with Gasteiger partial charge in [-0.15, -0.1) is 0 Å². The number of ether oxygens (including phenoxy) is 1. The van der Waals surface area contributed by atoms with Gasteiger partial charge in [-0.2, -0.15) is 0 Å². The summed E-state index contributed by atoms with van der Waals surface area (Å²) in [5, 5.41) is 22.9. The van der Waals surface area contributed by atoms with Crippen molar-refractivity contribution >= 4 is 17.5 Å². The summed E-state index contributed by atoms with van der Waals surface area (Å²) in [6.07, 6.45) is 9.52. The molecule has 4 saturated carbocycles. The fraction of sp³-hybridized carbons (Fsp3) is 0.737. The average molecular weight is 591 g/mol. The minimum absolute atomic E-state index is 0.0422. The third-order valence-electron chi connectivity index (χ3n) is 15.1. The summed E-state index contributed by atoms with van der Waals surface area (Å²) >= 11 is 0. The molecule has 0 bridgehead atoms. The zero-order chi connectivity index (χ0) is 31.3. The molecule has 1 aromatic carbocycles. The van der Waals surface area contributed by atoms with Gasteiger partial charge < -0.3 is 14.9 Å². The van der Waals surface area contributed by atoms with Crippen LogP contribution in [-0.4, -0.2) is 35.4 Å². The van der Waals surface area contributed by atoms with E-state index in [0.29, 0.717) is 35.2 Å². The van der Waals surface area contributed by atoms with Gasteiger partial charge in [0, 0.05) is 5.41 Å². The van der Waals surface area contributed by atoms with Crippen molar-refractivity contribution in [3.63, 3.8) is 0 Å². The van der Waals surface area contributed by atoms with Crippen LogP contribution < -0.4 is 0 Å². The first kappa shape index (κ1) is 30.9. The second-order valence-electron chi connectivity index (χ2n) is 16.8. The Morgan fingerprint density at radius 3 is 2.14 bits per heavy atom. The van der Waals surface area contributed by atoms with Crippen molar-refractivity contribution in [3.05, 3.63) is 41.5 Å². The number of aliphatic carboxylic acids is 1. The van der Waals surface area contributed by atoms with Crippen molar-refractivity contribution < 1.29 is 24.5 Å². The molecule has 43 heavy (non-hydrogen) atoms. The highest BCUT2D eigenvalue weighted by molar-refractivity contribution is 5.90. The molecule has 0 heterocycles. The number of carboxylic acid groups (broad SMARTS) is 1. The monoisotopic (exact) mass is 590 g/mol. The van der Waals surface area contributed by atoms with E-state index < -0.39 is 17.5 Å². The van der Waals surface area contributed by atoms with E-state index >= 15 is 0 Å². The molecule has 0 aliphatic heterocycles. The van der Waals surface area contributed by atoms with Crippen molar-refractivity contribution in [2.75, 3.05) is 7.11 Å². The van der Waals surface area contributed by atoms with E-state index in [4.69, 9.17) is 4.74 Å². The molecule has 0 radical (unpaired) electrons. The summed E-state index contributed by atoms with van der Waals surface area (Å²) in [6.45, 7) is 16.8. The van der Waals surface area contributed by atoms with Gasteiger partial charge in [0.15, 0.2) is 0 Å². The number of carbonyl (C=O) groups is 2. The lowest BCUT2D eigenvalue weighted by atomic mass is 9.32. The summed E-state index contributed by atoms with van der Waals surface area (Å²) in [6, 6.07) is 7.65. The van der Waals surface area contributed by atoms with E-state index in [0.717, 1.165) is 62.5 Å². The number of allylic oxidation sites excluding steroid dienone is 1. The highest BCUT2D eigenvalue weighted by atomic mass is 16.5. The number of hydrogen-bond acceptors (Lipinski definition) is 4.